The van der Waals surface area contributed by atoms with Crippen molar-refractivity contribution in [2.45, 2.75) is 43.5 Å². The minimum Gasteiger partial charge on any atom is -0.300 e. The number of benzene rings is 1. The van der Waals surface area contributed by atoms with Gasteiger partial charge in [-0.2, -0.15) is 4.31 Å². The fraction of sp³-hybridized carbons (Fsp3) is 0.500. The maximum atomic E-state index is 12.7. The Hall–Kier alpha value is -0.910. The quantitative estimate of drug-likeness (QED) is 0.858. The van der Waals surface area contributed by atoms with Crippen molar-refractivity contribution in [3.05, 3.63) is 29.3 Å². The Morgan fingerprint density at radius 3 is 2.55 bits per heavy atom. The van der Waals surface area contributed by atoms with Crippen molar-refractivity contribution in [1.29, 1.82) is 0 Å². The highest BCUT2D eigenvalue weighted by atomic mass is 35.5. The molecule has 0 amide bonds. The second-order valence-electron chi connectivity index (χ2n) is 5.13. The molecule has 2 rings (SSSR count). The number of carbonyl (C=O) groups is 1. The van der Waals surface area contributed by atoms with E-state index in [-0.39, 0.29) is 23.1 Å². The van der Waals surface area contributed by atoms with E-state index >= 15 is 0 Å². The molecule has 6 heteroatoms. The summed E-state index contributed by atoms with van der Waals surface area (Å²) in [6, 6.07) is 5.94. The number of sulfonamides is 1. The van der Waals surface area contributed by atoms with Gasteiger partial charge in [0.05, 0.1) is 4.90 Å². The molecule has 4 nitrogen and oxygen atoms in total. The number of hydrogen-bond acceptors (Lipinski definition) is 3. The third-order valence-corrected chi connectivity index (χ3v) is 5.73. The van der Waals surface area contributed by atoms with Gasteiger partial charge in [0, 0.05) is 24.0 Å². The fourth-order valence-electron chi connectivity index (χ4n) is 2.57. The highest BCUT2D eigenvalue weighted by Crippen LogP contribution is 2.27. The van der Waals surface area contributed by atoms with E-state index in [9.17, 15) is 13.2 Å². The second-order valence-corrected chi connectivity index (χ2v) is 7.45. The van der Waals surface area contributed by atoms with Crippen LogP contribution in [0.25, 0.3) is 0 Å². The Labute approximate surface area is 124 Å². The lowest BCUT2D eigenvalue weighted by atomic mass is 10.0. The highest BCUT2D eigenvalue weighted by Gasteiger charge is 2.33. The number of ketones is 1. The van der Waals surface area contributed by atoms with Crippen LogP contribution < -0.4 is 0 Å². The molecule has 1 unspecified atom stereocenters. The monoisotopic (exact) mass is 315 g/mol. The van der Waals surface area contributed by atoms with Gasteiger partial charge in [0.1, 0.15) is 5.78 Å². The molecule has 0 saturated carbocycles. The van der Waals surface area contributed by atoms with Gasteiger partial charge in [-0.15, -0.1) is 0 Å². The zero-order chi connectivity index (χ0) is 14.8. The lowest BCUT2D eigenvalue weighted by molar-refractivity contribution is -0.118. The molecule has 1 aromatic rings. The number of Topliss-reactive ketones (excluding diaryl/α,β-unsaturated/α-hetero) is 1. The van der Waals surface area contributed by atoms with Crippen molar-refractivity contribution < 1.29 is 13.2 Å². The summed E-state index contributed by atoms with van der Waals surface area (Å²) in [5, 5.41) is 0.503. The first kappa shape index (κ1) is 15.5. The van der Waals surface area contributed by atoms with Crippen LogP contribution in [0.15, 0.2) is 29.2 Å². The molecule has 1 aliphatic rings. The van der Waals surface area contributed by atoms with Crippen LogP contribution in [0.5, 0.6) is 0 Å². The predicted molar refractivity (Wildman–Crippen MR) is 78.3 cm³/mol. The molecule has 1 aliphatic heterocycles. The molecule has 1 fully saturated rings. The predicted octanol–water partition coefficient (Wildman–Crippen LogP) is 2.86. The molecule has 1 atom stereocenters. The molecule has 20 heavy (non-hydrogen) atoms. The highest BCUT2D eigenvalue weighted by molar-refractivity contribution is 7.89. The summed E-state index contributed by atoms with van der Waals surface area (Å²) in [5.41, 5.74) is 0. The molecule has 1 saturated heterocycles. The number of halogens is 1. The number of nitrogens with zero attached hydrogens (tertiary/aromatic N) is 1. The van der Waals surface area contributed by atoms with Crippen molar-refractivity contribution in [1.82, 2.24) is 4.31 Å². The van der Waals surface area contributed by atoms with Crippen LogP contribution in [-0.2, 0) is 14.8 Å². The number of hydrogen-bond donors (Lipinski definition) is 0. The van der Waals surface area contributed by atoms with Gasteiger partial charge in [-0.25, -0.2) is 8.42 Å². The summed E-state index contributed by atoms with van der Waals surface area (Å²) in [4.78, 5) is 11.6. The Morgan fingerprint density at radius 2 is 1.95 bits per heavy atom. The molecule has 0 N–H and O–H groups in total. The van der Waals surface area contributed by atoms with E-state index in [4.69, 9.17) is 11.6 Å². The van der Waals surface area contributed by atoms with E-state index < -0.39 is 10.0 Å². The van der Waals surface area contributed by atoms with Crippen LogP contribution in [0, 0.1) is 0 Å². The van der Waals surface area contributed by atoms with Crippen LogP contribution in [0.1, 0.15) is 32.6 Å². The average molecular weight is 316 g/mol. The average Bonchev–Trinajstić information content (AvgIpc) is 2.39. The largest absolute Gasteiger partial charge is 0.300 e. The zero-order valence-electron chi connectivity index (χ0n) is 11.4. The number of carbonyl (C=O) groups excluding carboxylic acids is 1. The van der Waals surface area contributed by atoms with E-state index in [0.29, 0.717) is 11.6 Å². The van der Waals surface area contributed by atoms with E-state index in [2.05, 4.69) is 0 Å². The molecule has 0 bridgehead atoms. The van der Waals surface area contributed by atoms with Crippen LogP contribution in [-0.4, -0.2) is 31.1 Å². The lowest BCUT2D eigenvalue weighted by Gasteiger charge is -2.34. The van der Waals surface area contributed by atoms with Gasteiger partial charge in [0.15, 0.2) is 0 Å². The Bertz CT molecular complexity index is 583. The van der Waals surface area contributed by atoms with E-state index in [1.54, 1.807) is 12.1 Å². The van der Waals surface area contributed by atoms with Gasteiger partial charge in [-0.1, -0.05) is 18.0 Å². The molecule has 0 radical (unpaired) electrons. The summed E-state index contributed by atoms with van der Waals surface area (Å²) in [5.74, 6) is 0.0215. The lowest BCUT2D eigenvalue weighted by Crippen LogP contribution is -2.44. The number of rotatable bonds is 4. The minimum absolute atomic E-state index is 0.0215. The first-order valence-corrected chi connectivity index (χ1v) is 8.50. The molecule has 0 spiro atoms. The SMILES string of the molecule is CC(=O)CC1CCCCN1S(=O)(=O)c1ccc(Cl)cc1. The molecular weight excluding hydrogens is 298 g/mol. The van der Waals surface area contributed by atoms with Crippen molar-refractivity contribution in [3.63, 3.8) is 0 Å². The molecule has 110 valence electrons. The van der Waals surface area contributed by atoms with Crippen molar-refractivity contribution >= 4 is 27.4 Å². The first-order valence-electron chi connectivity index (χ1n) is 6.68. The number of piperidine rings is 1. The maximum Gasteiger partial charge on any atom is 0.243 e. The van der Waals surface area contributed by atoms with Crippen LogP contribution in [0.4, 0.5) is 0 Å². The Kier molecular flexibility index (Phi) is 4.83. The normalized spacial score (nSPS) is 20.8. The van der Waals surface area contributed by atoms with Gasteiger partial charge >= 0.3 is 0 Å². The Morgan fingerprint density at radius 1 is 1.30 bits per heavy atom. The third kappa shape index (κ3) is 3.40. The van der Waals surface area contributed by atoms with Crippen molar-refractivity contribution in [2.24, 2.45) is 0 Å². The summed E-state index contributed by atoms with van der Waals surface area (Å²) in [6.45, 7) is 1.98. The van der Waals surface area contributed by atoms with Gasteiger partial charge in [0.25, 0.3) is 0 Å². The molecule has 1 aromatic carbocycles. The summed E-state index contributed by atoms with van der Waals surface area (Å²) in [6.07, 6.45) is 2.82. The van der Waals surface area contributed by atoms with Gasteiger partial charge in [-0.3, -0.25) is 4.79 Å². The van der Waals surface area contributed by atoms with Gasteiger partial charge < -0.3 is 0 Å². The van der Waals surface area contributed by atoms with E-state index in [1.165, 1.54) is 23.4 Å². The van der Waals surface area contributed by atoms with Gasteiger partial charge in [-0.05, 0) is 44.0 Å². The van der Waals surface area contributed by atoms with E-state index in [1.807, 2.05) is 0 Å². The zero-order valence-corrected chi connectivity index (χ0v) is 13.0. The minimum atomic E-state index is -3.55. The maximum absolute atomic E-state index is 12.7. The topological polar surface area (TPSA) is 54.5 Å². The molecule has 1 heterocycles. The molecule has 0 aromatic heterocycles. The summed E-state index contributed by atoms with van der Waals surface area (Å²) in [7, 11) is -3.55. The molecular formula is C14H18ClNO3S. The summed E-state index contributed by atoms with van der Waals surface area (Å²) < 4.78 is 26.8. The fourth-order valence-corrected chi connectivity index (χ4v) is 4.39. The van der Waals surface area contributed by atoms with Crippen LogP contribution in [0.2, 0.25) is 5.02 Å². The van der Waals surface area contributed by atoms with Crippen LogP contribution >= 0.6 is 11.6 Å². The van der Waals surface area contributed by atoms with Crippen molar-refractivity contribution in [3.8, 4) is 0 Å². The van der Waals surface area contributed by atoms with Gasteiger partial charge in [0.2, 0.25) is 10.0 Å². The molecule has 0 aliphatic carbocycles. The Balaban J connectivity index is 2.30. The van der Waals surface area contributed by atoms with Crippen molar-refractivity contribution in [2.75, 3.05) is 6.54 Å². The second kappa shape index (κ2) is 6.24. The third-order valence-electron chi connectivity index (χ3n) is 3.52. The smallest absolute Gasteiger partial charge is 0.243 e. The first-order chi connectivity index (χ1) is 9.41. The standard InChI is InChI=1S/C14H18ClNO3S/c1-11(17)10-13-4-2-3-9-16(13)20(18,19)14-7-5-12(15)6-8-14/h5-8,13H,2-4,9-10H2,1H3. The summed E-state index contributed by atoms with van der Waals surface area (Å²) >= 11 is 5.79. The van der Waals surface area contributed by atoms with Crippen LogP contribution in [0.3, 0.4) is 0 Å². The van der Waals surface area contributed by atoms with E-state index in [0.717, 1.165) is 19.3 Å².